The van der Waals surface area contributed by atoms with E-state index in [1.54, 1.807) is 6.07 Å². The number of ether oxygens (including phenoxy) is 1. The molecule has 0 aromatic heterocycles. The highest BCUT2D eigenvalue weighted by molar-refractivity contribution is 5.33. The van der Waals surface area contributed by atoms with E-state index in [1.807, 2.05) is 0 Å². The number of nitriles is 1. The van der Waals surface area contributed by atoms with Gasteiger partial charge in [-0.1, -0.05) is 12.8 Å². The second-order valence-corrected chi connectivity index (χ2v) is 5.65. The number of rotatable bonds is 2. The Balaban J connectivity index is 1.78. The van der Waals surface area contributed by atoms with Gasteiger partial charge in [-0.2, -0.15) is 5.26 Å². The predicted octanol–water partition coefficient (Wildman–Crippen LogP) is 2.84. The van der Waals surface area contributed by atoms with Gasteiger partial charge in [0, 0.05) is 24.7 Å². The van der Waals surface area contributed by atoms with Gasteiger partial charge in [0.1, 0.15) is 5.82 Å². The standard InChI is InChI=1S/C16H19FN2O/c17-14-6-5-12(10-18)9-13(14)11-19-7-8-20-16-4-2-1-3-15(16)19/h5-6,9,15-16H,1-4,7-8,11H2. The molecule has 2 atom stereocenters. The summed E-state index contributed by atoms with van der Waals surface area (Å²) in [6, 6.07) is 7.08. The number of halogens is 1. The summed E-state index contributed by atoms with van der Waals surface area (Å²) in [5, 5.41) is 8.94. The average molecular weight is 274 g/mol. The molecule has 2 aliphatic rings. The van der Waals surface area contributed by atoms with Crippen LogP contribution < -0.4 is 0 Å². The average Bonchev–Trinajstić information content (AvgIpc) is 2.50. The molecule has 2 fully saturated rings. The molecule has 20 heavy (non-hydrogen) atoms. The molecule has 106 valence electrons. The quantitative estimate of drug-likeness (QED) is 0.832. The molecule has 1 aromatic rings. The molecule has 1 aliphatic carbocycles. The zero-order valence-corrected chi connectivity index (χ0v) is 11.5. The normalized spacial score (nSPS) is 26.8. The van der Waals surface area contributed by atoms with Gasteiger partial charge in [0.25, 0.3) is 0 Å². The molecule has 1 aromatic carbocycles. The summed E-state index contributed by atoms with van der Waals surface area (Å²) < 4.78 is 19.8. The first-order valence-corrected chi connectivity index (χ1v) is 7.32. The number of hydrogen-bond acceptors (Lipinski definition) is 3. The first kappa shape index (κ1) is 13.5. The van der Waals surface area contributed by atoms with E-state index in [9.17, 15) is 4.39 Å². The zero-order chi connectivity index (χ0) is 13.9. The van der Waals surface area contributed by atoms with Crippen LogP contribution >= 0.6 is 0 Å². The molecule has 3 nitrogen and oxygen atoms in total. The summed E-state index contributed by atoms with van der Waals surface area (Å²) in [5.74, 6) is -0.220. The van der Waals surface area contributed by atoms with E-state index >= 15 is 0 Å². The molecule has 1 aliphatic heterocycles. The van der Waals surface area contributed by atoms with Crippen molar-refractivity contribution in [3.8, 4) is 6.07 Å². The van der Waals surface area contributed by atoms with Gasteiger partial charge in [-0.25, -0.2) is 4.39 Å². The van der Waals surface area contributed by atoms with Crippen molar-refractivity contribution in [1.82, 2.24) is 4.90 Å². The van der Waals surface area contributed by atoms with Gasteiger partial charge in [0.05, 0.1) is 24.3 Å². The van der Waals surface area contributed by atoms with E-state index in [1.165, 1.54) is 25.0 Å². The minimum atomic E-state index is -0.220. The van der Waals surface area contributed by atoms with Crippen LogP contribution in [0.25, 0.3) is 0 Å². The highest BCUT2D eigenvalue weighted by atomic mass is 19.1. The van der Waals surface area contributed by atoms with E-state index in [0.717, 1.165) is 26.0 Å². The van der Waals surface area contributed by atoms with Crippen LogP contribution in [0.2, 0.25) is 0 Å². The van der Waals surface area contributed by atoms with Gasteiger partial charge in [-0.3, -0.25) is 4.90 Å². The first-order chi connectivity index (χ1) is 9.78. The van der Waals surface area contributed by atoms with Crippen LogP contribution in [-0.4, -0.2) is 30.2 Å². The topological polar surface area (TPSA) is 36.3 Å². The molecule has 2 unspecified atom stereocenters. The molecule has 0 N–H and O–H groups in total. The van der Waals surface area contributed by atoms with Crippen molar-refractivity contribution in [1.29, 1.82) is 5.26 Å². The van der Waals surface area contributed by atoms with Crippen LogP contribution in [0.15, 0.2) is 18.2 Å². The Kier molecular flexibility index (Phi) is 4.00. The minimum absolute atomic E-state index is 0.220. The fourth-order valence-electron chi connectivity index (χ4n) is 3.36. The fourth-order valence-corrected chi connectivity index (χ4v) is 3.36. The highest BCUT2D eigenvalue weighted by Gasteiger charge is 2.34. The van der Waals surface area contributed by atoms with Crippen molar-refractivity contribution < 1.29 is 9.13 Å². The van der Waals surface area contributed by atoms with E-state index in [2.05, 4.69) is 11.0 Å². The molecule has 1 saturated heterocycles. The Morgan fingerprint density at radius 1 is 1.35 bits per heavy atom. The van der Waals surface area contributed by atoms with Crippen molar-refractivity contribution >= 4 is 0 Å². The smallest absolute Gasteiger partial charge is 0.127 e. The van der Waals surface area contributed by atoms with E-state index in [4.69, 9.17) is 10.00 Å². The third-order valence-corrected chi connectivity index (χ3v) is 4.40. The summed E-state index contributed by atoms with van der Waals surface area (Å²) in [4.78, 5) is 2.33. The first-order valence-electron chi connectivity index (χ1n) is 7.32. The summed E-state index contributed by atoms with van der Waals surface area (Å²) in [6.07, 6.45) is 5.00. The lowest BCUT2D eigenvalue weighted by molar-refractivity contribution is -0.0913. The van der Waals surface area contributed by atoms with Crippen LogP contribution in [-0.2, 0) is 11.3 Å². The van der Waals surface area contributed by atoms with Crippen LogP contribution in [0.4, 0.5) is 4.39 Å². The van der Waals surface area contributed by atoms with E-state index < -0.39 is 0 Å². The molecule has 0 radical (unpaired) electrons. The maximum atomic E-state index is 13.9. The van der Waals surface area contributed by atoms with Gasteiger partial charge < -0.3 is 4.74 Å². The van der Waals surface area contributed by atoms with E-state index in [0.29, 0.717) is 29.8 Å². The second kappa shape index (κ2) is 5.90. The molecule has 4 heteroatoms. The SMILES string of the molecule is N#Cc1ccc(F)c(CN2CCOC3CCCCC32)c1. The Labute approximate surface area is 119 Å². The predicted molar refractivity (Wildman–Crippen MR) is 73.5 cm³/mol. The van der Waals surface area contributed by atoms with Gasteiger partial charge in [0.2, 0.25) is 0 Å². The summed E-state index contributed by atoms with van der Waals surface area (Å²) in [7, 11) is 0. The van der Waals surface area contributed by atoms with Crippen molar-refractivity contribution in [2.75, 3.05) is 13.2 Å². The van der Waals surface area contributed by atoms with Crippen LogP contribution in [0.5, 0.6) is 0 Å². The fraction of sp³-hybridized carbons (Fsp3) is 0.562. The molecular weight excluding hydrogens is 255 g/mol. The molecule has 1 heterocycles. The molecule has 0 amide bonds. The number of nitrogens with zero attached hydrogens (tertiary/aromatic N) is 2. The van der Waals surface area contributed by atoms with Crippen molar-refractivity contribution in [3.05, 3.63) is 35.1 Å². The van der Waals surface area contributed by atoms with Gasteiger partial charge in [0.15, 0.2) is 0 Å². The number of benzene rings is 1. The van der Waals surface area contributed by atoms with Crippen molar-refractivity contribution in [2.24, 2.45) is 0 Å². The number of fused-ring (bicyclic) bond motifs is 1. The molecule has 0 spiro atoms. The van der Waals surface area contributed by atoms with Gasteiger partial charge >= 0.3 is 0 Å². The van der Waals surface area contributed by atoms with E-state index in [-0.39, 0.29) is 5.82 Å². The lowest BCUT2D eigenvalue weighted by Gasteiger charge is -2.43. The lowest BCUT2D eigenvalue weighted by Crippen LogP contribution is -2.52. The Hall–Kier alpha value is -1.44. The highest BCUT2D eigenvalue weighted by Crippen LogP contribution is 2.29. The van der Waals surface area contributed by atoms with Crippen LogP contribution in [0.3, 0.4) is 0 Å². The lowest BCUT2D eigenvalue weighted by atomic mass is 9.90. The molecular formula is C16H19FN2O. The molecule has 0 bridgehead atoms. The molecule has 1 saturated carbocycles. The maximum absolute atomic E-state index is 13.9. The number of hydrogen-bond donors (Lipinski definition) is 0. The summed E-state index contributed by atoms with van der Waals surface area (Å²) in [5.41, 5.74) is 1.14. The third-order valence-electron chi connectivity index (χ3n) is 4.40. The van der Waals surface area contributed by atoms with Crippen molar-refractivity contribution in [2.45, 2.75) is 44.4 Å². The number of morpholine rings is 1. The summed E-state index contributed by atoms with van der Waals surface area (Å²) in [6.45, 7) is 2.14. The second-order valence-electron chi connectivity index (χ2n) is 5.65. The monoisotopic (exact) mass is 274 g/mol. The Bertz CT molecular complexity index is 524. The van der Waals surface area contributed by atoms with Crippen LogP contribution in [0, 0.1) is 17.1 Å². The van der Waals surface area contributed by atoms with Crippen molar-refractivity contribution in [3.63, 3.8) is 0 Å². The van der Waals surface area contributed by atoms with Crippen LogP contribution in [0.1, 0.15) is 36.8 Å². The Morgan fingerprint density at radius 3 is 3.05 bits per heavy atom. The van der Waals surface area contributed by atoms with Gasteiger partial charge in [-0.05, 0) is 31.0 Å². The van der Waals surface area contributed by atoms with Gasteiger partial charge in [-0.15, -0.1) is 0 Å². The largest absolute Gasteiger partial charge is 0.375 e. The maximum Gasteiger partial charge on any atom is 0.127 e. The Morgan fingerprint density at radius 2 is 2.20 bits per heavy atom. The minimum Gasteiger partial charge on any atom is -0.375 e. The molecule has 3 rings (SSSR count). The third kappa shape index (κ3) is 2.70. The summed E-state index contributed by atoms with van der Waals surface area (Å²) >= 11 is 0. The zero-order valence-electron chi connectivity index (χ0n) is 11.5.